The third-order valence-electron chi connectivity index (χ3n) is 2.93. The van der Waals surface area contributed by atoms with Crippen LogP contribution in [0.3, 0.4) is 0 Å². The lowest BCUT2D eigenvalue weighted by atomic mass is 10.2. The molecule has 0 amide bonds. The molecule has 21 heavy (non-hydrogen) atoms. The van der Waals surface area contributed by atoms with Crippen molar-refractivity contribution in [3.63, 3.8) is 0 Å². The zero-order valence-electron chi connectivity index (χ0n) is 10.9. The summed E-state index contributed by atoms with van der Waals surface area (Å²) < 4.78 is 0. The lowest BCUT2D eigenvalue weighted by Crippen LogP contribution is -2.04. The van der Waals surface area contributed by atoms with Gasteiger partial charge in [-0.2, -0.15) is 0 Å². The second-order valence-corrected chi connectivity index (χ2v) is 4.75. The number of nitrogens with zero attached hydrogens (tertiary/aromatic N) is 2. The Bertz CT molecular complexity index is 811. The molecule has 0 fully saturated rings. The number of H-pyrrole nitrogens is 1. The molecule has 0 atom stereocenters. The van der Waals surface area contributed by atoms with E-state index in [0.717, 1.165) is 11.2 Å². The fourth-order valence-corrected chi connectivity index (χ4v) is 2.11. The number of fused-ring (bicyclic) bond motifs is 1. The second-order valence-electron chi connectivity index (χ2n) is 4.36. The van der Waals surface area contributed by atoms with Crippen molar-refractivity contribution in [1.29, 1.82) is 0 Å². The van der Waals surface area contributed by atoms with Gasteiger partial charge >= 0.3 is 0 Å². The van der Waals surface area contributed by atoms with Gasteiger partial charge in [-0.15, -0.1) is 10.2 Å². The van der Waals surface area contributed by atoms with Crippen molar-refractivity contribution in [2.24, 2.45) is 10.2 Å². The normalized spacial score (nSPS) is 11.0. The highest BCUT2D eigenvalue weighted by Gasteiger charge is 2.08. The van der Waals surface area contributed by atoms with Gasteiger partial charge in [0.05, 0.1) is 5.52 Å². The van der Waals surface area contributed by atoms with Crippen LogP contribution in [0.25, 0.3) is 10.9 Å². The van der Waals surface area contributed by atoms with Crippen LogP contribution in [0.1, 0.15) is 0 Å². The molecule has 3 N–H and O–H groups in total. The number of thiocarbonyl (C=S) groups is 1. The summed E-state index contributed by atoms with van der Waals surface area (Å²) in [5.41, 5.74) is 1.63. The summed E-state index contributed by atoms with van der Waals surface area (Å²) in [6, 6.07) is 16.8. The summed E-state index contributed by atoms with van der Waals surface area (Å²) in [7, 11) is 0. The summed E-state index contributed by atoms with van der Waals surface area (Å²) >= 11 is 5.09. The molecule has 0 unspecified atom stereocenters. The van der Waals surface area contributed by atoms with E-state index < -0.39 is 0 Å². The van der Waals surface area contributed by atoms with Gasteiger partial charge in [0.15, 0.2) is 11.6 Å². The van der Waals surface area contributed by atoms with Crippen LogP contribution < -0.4 is 5.32 Å². The summed E-state index contributed by atoms with van der Waals surface area (Å²) in [5.74, 6) is 0.352. The van der Waals surface area contributed by atoms with Gasteiger partial charge in [-0.1, -0.05) is 30.3 Å². The number of aromatic nitrogens is 1. The van der Waals surface area contributed by atoms with Crippen molar-refractivity contribution in [3.05, 3.63) is 54.6 Å². The van der Waals surface area contributed by atoms with Gasteiger partial charge in [0.25, 0.3) is 0 Å². The number of para-hydroxylation sites is 2. The van der Waals surface area contributed by atoms with E-state index in [1.54, 1.807) is 6.07 Å². The standard InChI is InChI=1S/C15H12N4OS/c20-13-11-8-4-5-9-12(11)17-14(13)18-19-15(21)16-10-6-2-1-3-7-10/h1-9,17,20H,(H,16,21)/b19-18+. The minimum absolute atomic E-state index is 0.0665. The van der Waals surface area contributed by atoms with Crippen molar-refractivity contribution in [2.45, 2.75) is 0 Å². The summed E-state index contributed by atoms with van der Waals surface area (Å²) in [4.78, 5) is 2.99. The van der Waals surface area contributed by atoms with Crippen molar-refractivity contribution in [1.82, 2.24) is 4.98 Å². The van der Waals surface area contributed by atoms with Gasteiger partial charge < -0.3 is 15.4 Å². The summed E-state index contributed by atoms with van der Waals surface area (Å²) in [5, 5.41) is 21.8. The molecule has 0 spiro atoms. The average Bonchev–Trinajstić information content (AvgIpc) is 2.83. The third-order valence-corrected chi connectivity index (χ3v) is 3.11. The Balaban J connectivity index is 1.78. The molecular weight excluding hydrogens is 284 g/mol. The molecule has 1 heterocycles. The highest BCUT2D eigenvalue weighted by atomic mass is 32.1. The maximum atomic E-state index is 10.0. The fourth-order valence-electron chi connectivity index (χ4n) is 1.95. The smallest absolute Gasteiger partial charge is 0.218 e. The molecule has 0 saturated carbocycles. The van der Waals surface area contributed by atoms with E-state index in [9.17, 15) is 5.11 Å². The SMILES string of the molecule is Oc1c(/N=N/C(=S)Nc2ccccc2)[nH]c2ccccc12. The molecule has 2 aromatic carbocycles. The van der Waals surface area contributed by atoms with Gasteiger partial charge in [0, 0.05) is 11.1 Å². The first-order valence-electron chi connectivity index (χ1n) is 6.31. The number of anilines is 1. The maximum absolute atomic E-state index is 10.0. The van der Waals surface area contributed by atoms with Crippen molar-refractivity contribution in [3.8, 4) is 5.75 Å². The van der Waals surface area contributed by atoms with E-state index in [4.69, 9.17) is 12.2 Å². The van der Waals surface area contributed by atoms with Gasteiger partial charge in [-0.05, 0) is 36.5 Å². The molecule has 0 radical (unpaired) electrons. The minimum atomic E-state index is 0.0665. The van der Waals surface area contributed by atoms with E-state index in [2.05, 4.69) is 20.5 Å². The molecule has 0 bridgehead atoms. The number of aromatic amines is 1. The first-order valence-corrected chi connectivity index (χ1v) is 6.72. The number of benzene rings is 2. The van der Waals surface area contributed by atoms with Crippen LogP contribution in [0.4, 0.5) is 11.5 Å². The molecule has 0 aliphatic heterocycles. The zero-order valence-corrected chi connectivity index (χ0v) is 11.8. The Labute approximate surface area is 126 Å². The number of azo groups is 1. The Morgan fingerprint density at radius 1 is 1.05 bits per heavy atom. The van der Waals surface area contributed by atoms with E-state index in [0.29, 0.717) is 5.39 Å². The van der Waals surface area contributed by atoms with Crippen LogP contribution in [0.15, 0.2) is 64.8 Å². The highest BCUT2D eigenvalue weighted by Crippen LogP contribution is 2.34. The first-order chi connectivity index (χ1) is 10.2. The predicted molar refractivity (Wildman–Crippen MR) is 87.1 cm³/mol. The fraction of sp³-hybridized carbons (Fsp3) is 0. The molecule has 5 nitrogen and oxygen atoms in total. The molecule has 3 aromatic rings. The third kappa shape index (κ3) is 2.90. The van der Waals surface area contributed by atoms with E-state index in [1.807, 2.05) is 48.5 Å². The van der Waals surface area contributed by atoms with Crippen LogP contribution >= 0.6 is 12.2 Å². The number of hydrogen-bond acceptors (Lipinski definition) is 3. The Morgan fingerprint density at radius 2 is 1.76 bits per heavy atom. The van der Waals surface area contributed by atoms with Crippen LogP contribution in [0.2, 0.25) is 0 Å². The van der Waals surface area contributed by atoms with Crippen molar-refractivity contribution in [2.75, 3.05) is 5.32 Å². The monoisotopic (exact) mass is 296 g/mol. The first kappa shape index (κ1) is 13.3. The van der Waals surface area contributed by atoms with Crippen molar-refractivity contribution < 1.29 is 5.11 Å². The number of hydrogen-bond donors (Lipinski definition) is 3. The Kier molecular flexibility index (Phi) is 3.61. The molecule has 0 aliphatic carbocycles. The molecule has 1 aromatic heterocycles. The van der Waals surface area contributed by atoms with E-state index in [-0.39, 0.29) is 16.7 Å². The molecule has 0 saturated heterocycles. The molecule has 0 aliphatic rings. The Hall–Kier alpha value is -2.73. The Morgan fingerprint density at radius 3 is 2.52 bits per heavy atom. The number of rotatable bonds is 2. The van der Waals surface area contributed by atoms with E-state index in [1.165, 1.54) is 0 Å². The molecule has 104 valence electrons. The predicted octanol–water partition coefficient (Wildman–Crippen LogP) is 4.35. The second kappa shape index (κ2) is 5.72. The topological polar surface area (TPSA) is 72.8 Å². The van der Waals surface area contributed by atoms with Gasteiger partial charge in [0.2, 0.25) is 5.11 Å². The maximum Gasteiger partial charge on any atom is 0.218 e. The van der Waals surface area contributed by atoms with Gasteiger partial charge in [-0.3, -0.25) is 0 Å². The van der Waals surface area contributed by atoms with Crippen LogP contribution in [-0.2, 0) is 0 Å². The van der Waals surface area contributed by atoms with Crippen molar-refractivity contribution >= 4 is 39.7 Å². The molecular formula is C15H12N4OS. The van der Waals surface area contributed by atoms with Crippen LogP contribution in [-0.4, -0.2) is 15.2 Å². The summed E-state index contributed by atoms with van der Waals surface area (Å²) in [6.45, 7) is 0. The highest BCUT2D eigenvalue weighted by molar-refractivity contribution is 7.80. The number of nitrogens with one attached hydrogen (secondary N) is 2. The van der Waals surface area contributed by atoms with Gasteiger partial charge in [0.1, 0.15) is 0 Å². The quantitative estimate of drug-likeness (QED) is 0.486. The van der Waals surface area contributed by atoms with Gasteiger partial charge in [-0.25, -0.2) is 0 Å². The molecule has 6 heteroatoms. The summed E-state index contributed by atoms with van der Waals surface area (Å²) in [6.07, 6.45) is 0. The lowest BCUT2D eigenvalue weighted by Gasteiger charge is -2.01. The number of aromatic hydroxyl groups is 1. The van der Waals surface area contributed by atoms with Crippen LogP contribution in [0, 0.1) is 0 Å². The molecule has 3 rings (SSSR count). The lowest BCUT2D eigenvalue weighted by molar-refractivity contribution is 0.482. The average molecular weight is 296 g/mol. The largest absolute Gasteiger partial charge is 0.504 e. The van der Waals surface area contributed by atoms with E-state index >= 15 is 0 Å². The van der Waals surface area contributed by atoms with Crippen LogP contribution in [0.5, 0.6) is 5.75 Å². The zero-order chi connectivity index (χ0) is 14.7. The minimum Gasteiger partial charge on any atom is -0.504 e.